The molecule has 0 bridgehead atoms. The van der Waals surface area contributed by atoms with Crippen LogP contribution in [-0.2, 0) is 29.1 Å². The lowest BCUT2D eigenvalue weighted by Crippen LogP contribution is -2.39. The number of aryl methyl sites for hydroxylation is 1. The Morgan fingerprint density at radius 3 is 2.84 bits per heavy atom. The number of carbonyl (C=O) groups excluding carboxylic acids is 2. The van der Waals surface area contributed by atoms with Crippen molar-refractivity contribution in [3.8, 4) is 0 Å². The van der Waals surface area contributed by atoms with Gasteiger partial charge < -0.3 is 20.2 Å². The van der Waals surface area contributed by atoms with E-state index in [4.69, 9.17) is 0 Å². The average molecular weight is 439 g/mol. The highest BCUT2D eigenvalue weighted by atomic mass is 16.2. The van der Waals surface area contributed by atoms with Crippen molar-refractivity contribution in [2.45, 2.75) is 52.1 Å². The number of anilines is 1. The van der Waals surface area contributed by atoms with Crippen molar-refractivity contribution in [1.29, 1.82) is 0 Å². The van der Waals surface area contributed by atoms with Gasteiger partial charge in [-0.15, -0.1) is 0 Å². The fourth-order valence-corrected chi connectivity index (χ4v) is 4.84. The molecule has 0 spiro atoms. The van der Waals surface area contributed by atoms with Crippen LogP contribution in [-0.4, -0.2) is 21.4 Å². The van der Waals surface area contributed by atoms with Crippen LogP contribution in [0.1, 0.15) is 46.8 Å². The van der Waals surface area contributed by atoms with Gasteiger partial charge in [-0.05, 0) is 66.5 Å². The second-order valence-corrected chi connectivity index (χ2v) is 9.18. The Morgan fingerprint density at radius 1 is 1.22 bits per heavy atom. The van der Waals surface area contributed by atoms with Crippen molar-refractivity contribution < 1.29 is 13.9 Å². The van der Waals surface area contributed by atoms with Crippen LogP contribution in [0.25, 0.3) is 10.9 Å². The lowest BCUT2D eigenvalue weighted by Gasteiger charge is -2.32. The molecule has 1 aromatic carbocycles. The van der Waals surface area contributed by atoms with E-state index in [9.17, 15) is 14.4 Å². The molecular weight excluding hydrogens is 404 g/mol. The molecule has 0 saturated heterocycles. The van der Waals surface area contributed by atoms with Gasteiger partial charge in [0.25, 0.3) is 5.56 Å². The van der Waals surface area contributed by atoms with E-state index < -0.39 is 0 Å². The fraction of sp³-hybridized carbons (Fsp3) is 0.400. The number of aromatic amines is 1. The zero-order valence-corrected chi connectivity index (χ0v) is 18.2. The van der Waals surface area contributed by atoms with Crippen molar-refractivity contribution in [1.82, 2.24) is 14.9 Å². The number of pyridine rings is 1. The Kier molecular flexibility index (Phi) is 5.33. The number of rotatable bonds is 6. The monoisotopic (exact) mass is 438 g/mol. The third-order valence-electron chi connectivity index (χ3n) is 6.93. The molecule has 32 heavy (non-hydrogen) atoms. The van der Waals surface area contributed by atoms with Gasteiger partial charge in [-0.3, -0.25) is 14.4 Å². The van der Waals surface area contributed by atoms with E-state index in [1.54, 1.807) is 0 Å². The smallest absolute Gasteiger partial charge is 0.275 e. The van der Waals surface area contributed by atoms with Gasteiger partial charge in [-0.2, -0.15) is 0 Å². The number of nitrogens with zero attached hydrogens (tertiary/aromatic N) is 1. The number of fused-ring (bicyclic) bond motifs is 2. The van der Waals surface area contributed by atoms with Crippen LogP contribution in [0.5, 0.6) is 0 Å². The van der Waals surface area contributed by atoms with Gasteiger partial charge in [0.1, 0.15) is 12.2 Å². The van der Waals surface area contributed by atoms with E-state index in [0.29, 0.717) is 24.6 Å². The number of H-pyrrole nitrogens is 1. The maximum absolute atomic E-state index is 13.1. The van der Waals surface area contributed by atoms with E-state index >= 15 is 0 Å². The fourth-order valence-electron chi connectivity index (χ4n) is 4.84. The molecule has 5 rings (SSSR count). The van der Waals surface area contributed by atoms with Crippen LogP contribution in [0.2, 0.25) is 0 Å². The van der Waals surface area contributed by atoms with Gasteiger partial charge >= 0.3 is 0 Å². The lowest BCUT2D eigenvalue weighted by molar-refractivity contribution is -0.122. The van der Waals surface area contributed by atoms with E-state index in [2.05, 4.69) is 15.6 Å². The quantitative estimate of drug-likeness (QED) is 0.543. The Labute approximate surface area is 190 Å². The third kappa shape index (κ3) is 3.95. The highest BCUT2D eigenvalue weighted by molar-refractivity contribution is 5.95. The molecule has 7 heteroatoms. The van der Waals surface area contributed by atoms with Crippen LogP contribution in [0.15, 0.2) is 41.3 Å². The number of carbonyl (C=O) groups is 2. The SMILES string of the molecule is Cc1cc2c(c(=O)n1CC(=O)NCc1ccc3[nH]ccc3c1)NC(=O)[C@H](CC1CCC1)C2.[HH].[HH].[HH]. The first-order chi connectivity index (χ1) is 15.5. The molecule has 3 heterocycles. The summed E-state index contributed by atoms with van der Waals surface area (Å²) in [7, 11) is 0. The lowest BCUT2D eigenvalue weighted by atomic mass is 9.76. The van der Waals surface area contributed by atoms with Crippen LogP contribution in [0, 0.1) is 18.8 Å². The normalized spacial score (nSPS) is 18.2. The summed E-state index contributed by atoms with van der Waals surface area (Å²) >= 11 is 0. The minimum atomic E-state index is -0.306. The molecule has 3 aromatic rings. The maximum atomic E-state index is 13.1. The maximum Gasteiger partial charge on any atom is 0.275 e. The minimum Gasteiger partial charge on any atom is -0.361 e. The molecule has 0 radical (unpaired) electrons. The van der Waals surface area contributed by atoms with Gasteiger partial charge in [-0.25, -0.2) is 0 Å². The minimum absolute atomic E-state index is 0. The molecule has 1 aliphatic heterocycles. The van der Waals surface area contributed by atoms with Crippen molar-refractivity contribution in [3.05, 3.63) is 63.7 Å². The molecule has 1 fully saturated rings. The summed E-state index contributed by atoms with van der Waals surface area (Å²) in [4.78, 5) is 41.4. The first kappa shape index (κ1) is 20.5. The molecule has 0 unspecified atom stereocenters. The number of nitrogens with one attached hydrogen (secondary N) is 3. The number of benzene rings is 1. The van der Waals surface area contributed by atoms with Gasteiger partial charge in [0.2, 0.25) is 11.8 Å². The van der Waals surface area contributed by atoms with Crippen LogP contribution < -0.4 is 16.2 Å². The average Bonchev–Trinajstić information content (AvgIpc) is 3.21. The molecular formula is C25H34N4O3. The molecule has 1 saturated carbocycles. The van der Waals surface area contributed by atoms with Gasteiger partial charge in [-0.1, -0.05) is 25.3 Å². The third-order valence-corrected chi connectivity index (χ3v) is 6.93. The van der Waals surface area contributed by atoms with Crippen molar-refractivity contribution in [2.75, 3.05) is 5.32 Å². The summed E-state index contributed by atoms with van der Waals surface area (Å²) in [5, 5.41) is 6.82. The van der Waals surface area contributed by atoms with Crippen LogP contribution in [0.4, 0.5) is 5.69 Å². The molecule has 2 amide bonds. The number of aromatic nitrogens is 2. The highest BCUT2D eigenvalue weighted by Gasteiger charge is 2.32. The molecule has 7 nitrogen and oxygen atoms in total. The van der Waals surface area contributed by atoms with Crippen molar-refractivity contribution in [2.24, 2.45) is 11.8 Å². The molecule has 1 aliphatic carbocycles. The van der Waals surface area contributed by atoms with Crippen molar-refractivity contribution in [3.63, 3.8) is 0 Å². The molecule has 3 N–H and O–H groups in total. The molecule has 2 aliphatic rings. The number of hydrogen-bond donors (Lipinski definition) is 3. The Balaban J connectivity index is 0.00000144. The second kappa shape index (κ2) is 8.30. The van der Waals surface area contributed by atoms with Crippen molar-refractivity contribution >= 4 is 28.4 Å². The molecule has 1 atom stereocenters. The van der Waals surface area contributed by atoms with Gasteiger partial charge in [0.15, 0.2) is 0 Å². The molecule has 172 valence electrons. The van der Waals surface area contributed by atoms with Gasteiger partial charge in [0, 0.05) is 34.2 Å². The topological polar surface area (TPSA) is 96.0 Å². The summed E-state index contributed by atoms with van der Waals surface area (Å²) in [5.41, 5.74) is 3.68. The summed E-state index contributed by atoms with van der Waals surface area (Å²) in [6.45, 7) is 2.15. The van der Waals surface area contributed by atoms with Crippen LogP contribution in [0.3, 0.4) is 0 Å². The second-order valence-electron chi connectivity index (χ2n) is 9.18. The predicted molar refractivity (Wildman–Crippen MR) is 130 cm³/mol. The zero-order valence-electron chi connectivity index (χ0n) is 18.2. The number of hydrogen-bond acceptors (Lipinski definition) is 3. The predicted octanol–water partition coefficient (Wildman–Crippen LogP) is 3.99. The first-order valence-electron chi connectivity index (χ1n) is 11.3. The summed E-state index contributed by atoms with van der Waals surface area (Å²) in [6.07, 6.45) is 7.03. The largest absolute Gasteiger partial charge is 0.361 e. The summed E-state index contributed by atoms with van der Waals surface area (Å²) in [5.74, 6) is 0.259. The summed E-state index contributed by atoms with van der Waals surface area (Å²) in [6, 6.07) is 9.90. The van der Waals surface area contributed by atoms with E-state index in [0.717, 1.165) is 34.1 Å². The Morgan fingerprint density at radius 2 is 2.06 bits per heavy atom. The highest BCUT2D eigenvalue weighted by Crippen LogP contribution is 2.35. The van der Waals surface area contributed by atoms with E-state index in [1.807, 2.05) is 43.5 Å². The van der Waals surface area contributed by atoms with E-state index in [-0.39, 0.29) is 34.1 Å². The van der Waals surface area contributed by atoms with Gasteiger partial charge in [0.05, 0.1) is 0 Å². The first-order valence-corrected chi connectivity index (χ1v) is 11.3. The standard InChI is InChI=1S/C25H28N4O3.3H2/c1-15-9-19-12-20(10-16-3-2-4-16)24(31)28-23(19)25(32)29(15)14-22(30)27-13-17-5-6-21-18(11-17)7-8-26-21;;;/h5-9,11,16,20,26H,2-4,10,12-14H2,1H3,(H,27,30)(H,28,31);3*1H/t20-;;;/m1.../s1. The van der Waals surface area contributed by atoms with E-state index in [1.165, 1.54) is 23.8 Å². The Bertz CT molecular complexity index is 1270. The zero-order chi connectivity index (χ0) is 22.2. The molecule has 2 aromatic heterocycles. The number of amides is 2. The summed E-state index contributed by atoms with van der Waals surface area (Å²) < 4.78 is 1.44. The Hall–Kier alpha value is -3.35. The van der Waals surface area contributed by atoms with Crippen LogP contribution >= 0.6 is 0 Å².